The predicted octanol–water partition coefficient (Wildman–Crippen LogP) is 2.66. The van der Waals surface area contributed by atoms with Crippen LogP contribution in [0.4, 0.5) is 4.39 Å². The van der Waals surface area contributed by atoms with Crippen molar-refractivity contribution in [1.82, 2.24) is 9.21 Å². The summed E-state index contributed by atoms with van der Waals surface area (Å²) in [5, 5.41) is 0. The third-order valence-electron chi connectivity index (χ3n) is 5.52. The Bertz CT molecular complexity index is 1050. The highest BCUT2D eigenvalue weighted by Gasteiger charge is 2.35. The van der Waals surface area contributed by atoms with Crippen molar-refractivity contribution in [2.45, 2.75) is 30.3 Å². The van der Waals surface area contributed by atoms with Gasteiger partial charge in [0.2, 0.25) is 10.0 Å². The number of nitrogens with zero attached hydrogens (tertiary/aromatic N) is 2. The minimum absolute atomic E-state index is 0.0519. The molecule has 2 aromatic carbocycles. The van der Waals surface area contributed by atoms with Gasteiger partial charge in [-0.1, -0.05) is 12.1 Å². The summed E-state index contributed by atoms with van der Waals surface area (Å²) in [6.07, 6.45) is 1.75. The van der Waals surface area contributed by atoms with Crippen LogP contribution in [0.25, 0.3) is 0 Å². The summed E-state index contributed by atoms with van der Waals surface area (Å²) in [6, 6.07) is 10.5. The molecule has 1 heterocycles. The van der Waals surface area contributed by atoms with Crippen molar-refractivity contribution in [3.05, 3.63) is 59.4 Å². The van der Waals surface area contributed by atoms with Gasteiger partial charge in [0, 0.05) is 25.7 Å². The van der Waals surface area contributed by atoms with Crippen molar-refractivity contribution in [2.75, 3.05) is 33.4 Å². The van der Waals surface area contributed by atoms with E-state index >= 15 is 0 Å². The zero-order chi connectivity index (χ0) is 22.0. The molecular weight excluding hydrogens is 423 g/mol. The van der Waals surface area contributed by atoms with Crippen LogP contribution < -0.4 is 4.74 Å². The number of sulfonamides is 1. The molecule has 1 saturated carbocycles. The van der Waals surface area contributed by atoms with Crippen LogP contribution >= 0.6 is 0 Å². The number of halogens is 1. The van der Waals surface area contributed by atoms with E-state index in [4.69, 9.17) is 9.47 Å². The van der Waals surface area contributed by atoms with Gasteiger partial charge < -0.3 is 14.4 Å². The third kappa shape index (κ3) is 4.73. The number of ether oxygens (including phenoxy) is 2. The van der Waals surface area contributed by atoms with E-state index in [2.05, 4.69) is 0 Å². The Balaban J connectivity index is 1.65. The average molecular weight is 449 g/mol. The van der Waals surface area contributed by atoms with E-state index in [1.165, 1.54) is 41.7 Å². The molecule has 2 fully saturated rings. The molecule has 0 unspecified atom stereocenters. The number of hydrogen-bond acceptors (Lipinski definition) is 5. The van der Waals surface area contributed by atoms with Crippen molar-refractivity contribution in [1.29, 1.82) is 0 Å². The highest BCUT2D eigenvalue weighted by atomic mass is 32.2. The molecule has 1 saturated heterocycles. The number of morpholine rings is 1. The molecule has 166 valence electrons. The fraction of sp³-hybridized carbons (Fsp3) is 0.409. The van der Waals surface area contributed by atoms with E-state index in [9.17, 15) is 17.6 Å². The standard InChI is InChI=1S/C22H25FN2O5S/c1-29-21-9-8-19(31(27,28)24-10-12-30-13-11-24)14-20(21)22(26)25(18-6-7-18)15-16-2-4-17(23)5-3-16/h2-5,8-9,14,18H,6-7,10-13,15H2,1H3. The van der Waals surface area contributed by atoms with Crippen LogP contribution in [0.3, 0.4) is 0 Å². The molecule has 2 aliphatic rings. The lowest BCUT2D eigenvalue weighted by Gasteiger charge is -2.27. The molecule has 31 heavy (non-hydrogen) atoms. The zero-order valence-electron chi connectivity index (χ0n) is 17.3. The Morgan fingerprint density at radius 2 is 1.84 bits per heavy atom. The molecule has 0 bridgehead atoms. The Kier molecular flexibility index (Phi) is 6.27. The van der Waals surface area contributed by atoms with Gasteiger partial charge in [0.25, 0.3) is 5.91 Å². The Morgan fingerprint density at radius 1 is 1.16 bits per heavy atom. The van der Waals surface area contributed by atoms with Gasteiger partial charge >= 0.3 is 0 Å². The van der Waals surface area contributed by atoms with Crippen LogP contribution in [0.2, 0.25) is 0 Å². The summed E-state index contributed by atoms with van der Waals surface area (Å²) in [5.41, 5.74) is 1.00. The minimum Gasteiger partial charge on any atom is -0.496 e. The van der Waals surface area contributed by atoms with E-state index < -0.39 is 10.0 Å². The Morgan fingerprint density at radius 3 is 2.45 bits per heavy atom. The van der Waals surface area contributed by atoms with E-state index in [-0.39, 0.29) is 41.3 Å². The summed E-state index contributed by atoms with van der Waals surface area (Å²) in [7, 11) is -2.30. The van der Waals surface area contributed by atoms with Gasteiger partial charge in [-0.05, 0) is 48.7 Å². The summed E-state index contributed by atoms with van der Waals surface area (Å²) >= 11 is 0. The first-order chi connectivity index (χ1) is 14.9. The number of methoxy groups -OCH3 is 1. The third-order valence-corrected chi connectivity index (χ3v) is 7.42. The van der Waals surface area contributed by atoms with E-state index in [1.54, 1.807) is 17.0 Å². The largest absolute Gasteiger partial charge is 0.496 e. The van der Waals surface area contributed by atoms with Crippen LogP contribution in [0, 0.1) is 5.82 Å². The van der Waals surface area contributed by atoms with Crippen molar-refractivity contribution in [3.8, 4) is 5.75 Å². The normalized spacial score (nSPS) is 17.4. The van der Waals surface area contributed by atoms with E-state index in [0.717, 1.165) is 18.4 Å². The molecular formula is C22H25FN2O5S. The monoisotopic (exact) mass is 448 g/mol. The lowest BCUT2D eigenvalue weighted by atomic mass is 10.1. The van der Waals surface area contributed by atoms with Crippen molar-refractivity contribution in [2.24, 2.45) is 0 Å². The molecule has 0 spiro atoms. The molecule has 1 aliphatic carbocycles. The van der Waals surface area contributed by atoms with Crippen LogP contribution in [0.5, 0.6) is 5.75 Å². The lowest BCUT2D eigenvalue weighted by molar-refractivity contribution is 0.0723. The SMILES string of the molecule is COc1ccc(S(=O)(=O)N2CCOCC2)cc1C(=O)N(Cc1ccc(F)cc1)C1CC1. The Hall–Kier alpha value is -2.49. The molecule has 0 N–H and O–H groups in total. The molecule has 0 aromatic heterocycles. The second kappa shape index (κ2) is 8.94. The topological polar surface area (TPSA) is 76.1 Å². The number of hydrogen-bond donors (Lipinski definition) is 0. The first-order valence-electron chi connectivity index (χ1n) is 10.2. The molecule has 1 amide bonds. The van der Waals surface area contributed by atoms with Crippen LogP contribution in [-0.4, -0.2) is 63.0 Å². The van der Waals surface area contributed by atoms with E-state index in [0.29, 0.717) is 25.5 Å². The van der Waals surface area contributed by atoms with Gasteiger partial charge in [-0.2, -0.15) is 4.31 Å². The van der Waals surface area contributed by atoms with Crippen LogP contribution in [-0.2, 0) is 21.3 Å². The molecule has 7 nitrogen and oxygen atoms in total. The maximum absolute atomic E-state index is 13.5. The summed E-state index contributed by atoms with van der Waals surface area (Å²) in [4.78, 5) is 15.2. The first-order valence-corrected chi connectivity index (χ1v) is 11.7. The molecule has 0 radical (unpaired) electrons. The fourth-order valence-corrected chi connectivity index (χ4v) is 5.08. The molecule has 1 aliphatic heterocycles. The van der Waals surface area contributed by atoms with Crippen LogP contribution in [0.15, 0.2) is 47.4 Å². The molecule has 4 rings (SSSR count). The van der Waals surface area contributed by atoms with Crippen molar-refractivity contribution < 1.29 is 27.1 Å². The average Bonchev–Trinajstić information content (AvgIpc) is 3.63. The lowest BCUT2D eigenvalue weighted by Crippen LogP contribution is -2.40. The smallest absolute Gasteiger partial charge is 0.258 e. The number of benzene rings is 2. The van der Waals surface area contributed by atoms with Gasteiger partial charge in [0.05, 0.1) is 30.8 Å². The Labute approximate surface area is 181 Å². The highest BCUT2D eigenvalue weighted by molar-refractivity contribution is 7.89. The number of rotatable bonds is 7. The quantitative estimate of drug-likeness (QED) is 0.651. The zero-order valence-corrected chi connectivity index (χ0v) is 18.1. The maximum atomic E-state index is 13.5. The number of amides is 1. The van der Waals surface area contributed by atoms with Crippen molar-refractivity contribution >= 4 is 15.9 Å². The first kappa shape index (κ1) is 21.7. The highest BCUT2D eigenvalue weighted by Crippen LogP contribution is 2.33. The predicted molar refractivity (Wildman–Crippen MR) is 112 cm³/mol. The maximum Gasteiger partial charge on any atom is 0.258 e. The molecule has 2 aromatic rings. The van der Waals surface area contributed by atoms with Gasteiger partial charge in [-0.15, -0.1) is 0 Å². The van der Waals surface area contributed by atoms with Gasteiger partial charge in [0.15, 0.2) is 0 Å². The molecule has 0 atom stereocenters. The fourth-order valence-electron chi connectivity index (χ4n) is 3.64. The van der Waals surface area contributed by atoms with Crippen molar-refractivity contribution in [3.63, 3.8) is 0 Å². The van der Waals surface area contributed by atoms with Crippen LogP contribution in [0.1, 0.15) is 28.8 Å². The van der Waals surface area contributed by atoms with Gasteiger partial charge in [0.1, 0.15) is 11.6 Å². The summed E-state index contributed by atoms with van der Waals surface area (Å²) < 4.78 is 51.4. The summed E-state index contributed by atoms with van der Waals surface area (Å²) in [6.45, 7) is 1.54. The van der Waals surface area contributed by atoms with Gasteiger partial charge in [-0.25, -0.2) is 12.8 Å². The van der Waals surface area contributed by atoms with Gasteiger partial charge in [-0.3, -0.25) is 4.79 Å². The second-order valence-electron chi connectivity index (χ2n) is 7.67. The molecule has 9 heteroatoms. The number of carbonyl (C=O) groups is 1. The second-order valence-corrected chi connectivity index (χ2v) is 9.61. The van der Waals surface area contributed by atoms with E-state index in [1.807, 2.05) is 0 Å². The summed E-state index contributed by atoms with van der Waals surface area (Å²) in [5.74, 6) is -0.325. The number of carbonyl (C=O) groups excluding carboxylic acids is 1. The minimum atomic E-state index is -3.75.